The van der Waals surface area contributed by atoms with E-state index >= 15 is 0 Å². The summed E-state index contributed by atoms with van der Waals surface area (Å²) in [6.45, 7) is -0.111. The average molecular weight is 329 g/mol. The van der Waals surface area contributed by atoms with Crippen LogP contribution in [0.5, 0.6) is 0 Å². The molecule has 0 aliphatic heterocycles. The lowest BCUT2D eigenvalue weighted by Crippen LogP contribution is -1.77. The van der Waals surface area contributed by atoms with E-state index in [4.69, 9.17) is 28.3 Å². The molecule has 19 heavy (non-hydrogen) atoms. The first-order chi connectivity index (χ1) is 9.19. The fourth-order valence-electron chi connectivity index (χ4n) is 1.39. The number of aliphatic hydroxyl groups is 1. The minimum absolute atomic E-state index is 0.111. The zero-order chi connectivity index (χ0) is 13.7. The van der Waals surface area contributed by atoms with Crippen LogP contribution in [0.25, 0.3) is 0 Å². The highest BCUT2D eigenvalue weighted by Crippen LogP contribution is 2.33. The summed E-state index contributed by atoms with van der Waals surface area (Å²) in [5.41, 5.74) is 0. The Morgan fingerprint density at radius 2 is 2.05 bits per heavy atom. The highest BCUT2D eigenvalue weighted by Gasteiger charge is 2.04. The Hall–Kier alpha value is -0.630. The molecule has 2 aromatic rings. The largest absolute Gasteiger partial charge is 0.384 e. The first-order valence-corrected chi connectivity index (χ1v) is 8.01. The smallest absolute Gasteiger partial charge is 0.104 e. The lowest BCUT2D eigenvalue weighted by Gasteiger charge is -2.03. The van der Waals surface area contributed by atoms with Crippen LogP contribution in [0.3, 0.4) is 0 Å². The lowest BCUT2D eigenvalue weighted by molar-refractivity contribution is 0.350. The van der Waals surface area contributed by atoms with Crippen LogP contribution in [0.4, 0.5) is 0 Å². The van der Waals surface area contributed by atoms with Gasteiger partial charge in [-0.25, -0.2) is 0 Å². The van der Waals surface area contributed by atoms with E-state index in [0.717, 1.165) is 15.5 Å². The van der Waals surface area contributed by atoms with Crippen LogP contribution in [0, 0.1) is 11.8 Å². The quantitative estimate of drug-likeness (QED) is 0.651. The van der Waals surface area contributed by atoms with Crippen LogP contribution in [0.1, 0.15) is 9.75 Å². The van der Waals surface area contributed by atoms with E-state index in [0.29, 0.717) is 10.0 Å². The van der Waals surface area contributed by atoms with Crippen LogP contribution >= 0.6 is 46.3 Å². The van der Waals surface area contributed by atoms with Crippen molar-refractivity contribution in [1.82, 2.24) is 0 Å². The molecule has 0 unspecified atom stereocenters. The SMILES string of the molecule is OCC#Cc1ccc(CSc2cc(Cl)ccc2Cl)s1. The lowest BCUT2D eigenvalue weighted by atomic mass is 10.4. The summed E-state index contributed by atoms with van der Waals surface area (Å²) in [4.78, 5) is 3.15. The maximum Gasteiger partial charge on any atom is 0.104 e. The van der Waals surface area contributed by atoms with E-state index in [-0.39, 0.29) is 6.61 Å². The van der Waals surface area contributed by atoms with Crippen molar-refractivity contribution in [1.29, 1.82) is 0 Å². The third-order valence-corrected chi connectivity index (χ3v) is 5.18. The number of benzene rings is 1. The molecule has 0 fully saturated rings. The number of thiophene rings is 1. The van der Waals surface area contributed by atoms with Gasteiger partial charge in [-0.05, 0) is 30.3 Å². The molecular weight excluding hydrogens is 319 g/mol. The van der Waals surface area contributed by atoms with E-state index in [1.54, 1.807) is 35.2 Å². The van der Waals surface area contributed by atoms with Crippen molar-refractivity contribution in [2.75, 3.05) is 6.61 Å². The topological polar surface area (TPSA) is 20.2 Å². The van der Waals surface area contributed by atoms with E-state index in [1.165, 1.54) is 4.88 Å². The number of aliphatic hydroxyl groups excluding tert-OH is 1. The molecule has 0 saturated heterocycles. The van der Waals surface area contributed by atoms with Crippen molar-refractivity contribution in [2.24, 2.45) is 0 Å². The van der Waals surface area contributed by atoms with Crippen LogP contribution in [-0.2, 0) is 5.75 Å². The second kappa shape index (κ2) is 7.23. The molecule has 0 saturated carbocycles. The van der Waals surface area contributed by atoms with Crippen LogP contribution in [0.15, 0.2) is 35.2 Å². The molecule has 2 rings (SSSR count). The summed E-state index contributed by atoms with van der Waals surface area (Å²) in [6.07, 6.45) is 0. The molecule has 1 aromatic heterocycles. The monoisotopic (exact) mass is 328 g/mol. The first-order valence-electron chi connectivity index (χ1n) is 5.45. The van der Waals surface area contributed by atoms with Gasteiger partial charge >= 0.3 is 0 Å². The maximum absolute atomic E-state index is 8.64. The standard InChI is InChI=1S/C14H10Cl2OS2/c15-10-3-6-13(16)14(8-10)18-9-12-5-4-11(19-12)2-1-7-17/h3-6,8,17H,7,9H2. The Kier molecular flexibility index (Phi) is 5.62. The molecule has 98 valence electrons. The van der Waals surface area contributed by atoms with Gasteiger partial charge in [-0.2, -0.15) is 0 Å². The van der Waals surface area contributed by atoms with Gasteiger partial charge in [0.2, 0.25) is 0 Å². The van der Waals surface area contributed by atoms with Gasteiger partial charge < -0.3 is 5.11 Å². The van der Waals surface area contributed by atoms with Gasteiger partial charge in [0.15, 0.2) is 0 Å². The minimum Gasteiger partial charge on any atom is -0.384 e. The van der Waals surface area contributed by atoms with E-state index in [2.05, 4.69) is 11.8 Å². The third kappa shape index (κ3) is 4.45. The third-order valence-electron chi connectivity index (χ3n) is 2.22. The van der Waals surface area contributed by atoms with Gasteiger partial charge in [0.25, 0.3) is 0 Å². The van der Waals surface area contributed by atoms with Crippen molar-refractivity contribution in [3.63, 3.8) is 0 Å². The fraction of sp³-hybridized carbons (Fsp3) is 0.143. The zero-order valence-corrected chi connectivity index (χ0v) is 13.0. The summed E-state index contributed by atoms with van der Waals surface area (Å²) >= 11 is 15.3. The Morgan fingerprint density at radius 1 is 1.21 bits per heavy atom. The molecule has 0 bridgehead atoms. The molecule has 0 atom stereocenters. The second-order valence-corrected chi connectivity index (χ2v) is 6.62. The average Bonchev–Trinajstić information content (AvgIpc) is 2.85. The highest BCUT2D eigenvalue weighted by molar-refractivity contribution is 7.98. The van der Waals surface area contributed by atoms with Crippen molar-refractivity contribution >= 4 is 46.3 Å². The molecule has 1 aromatic carbocycles. The zero-order valence-electron chi connectivity index (χ0n) is 9.82. The normalized spacial score (nSPS) is 10.1. The molecular formula is C14H10Cl2OS2. The molecule has 0 radical (unpaired) electrons. The molecule has 0 aliphatic rings. The Bertz CT molecular complexity index is 626. The number of halogens is 2. The Morgan fingerprint density at radius 3 is 2.84 bits per heavy atom. The summed E-state index contributed by atoms with van der Waals surface area (Å²) in [5, 5.41) is 10.0. The maximum atomic E-state index is 8.64. The number of hydrogen-bond donors (Lipinski definition) is 1. The molecule has 5 heteroatoms. The van der Waals surface area contributed by atoms with Crippen LogP contribution in [0.2, 0.25) is 10.0 Å². The molecule has 0 amide bonds. The number of rotatable bonds is 3. The molecule has 1 nitrogen and oxygen atoms in total. The van der Waals surface area contributed by atoms with Gasteiger partial charge in [0, 0.05) is 20.5 Å². The Balaban J connectivity index is 2.02. The van der Waals surface area contributed by atoms with Gasteiger partial charge in [-0.15, -0.1) is 23.1 Å². The van der Waals surface area contributed by atoms with Crippen molar-refractivity contribution < 1.29 is 5.11 Å². The predicted molar refractivity (Wildman–Crippen MR) is 84.3 cm³/mol. The van der Waals surface area contributed by atoms with Crippen LogP contribution < -0.4 is 0 Å². The summed E-state index contributed by atoms with van der Waals surface area (Å²) < 4.78 is 0. The molecule has 0 spiro atoms. The van der Waals surface area contributed by atoms with Crippen molar-refractivity contribution in [2.45, 2.75) is 10.6 Å². The number of hydrogen-bond acceptors (Lipinski definition) is 3. The van der Waals surface area contributed by atoms with Crippen molar-refractivity contribution in [3.05, 3.63) is 50.1 Å². The van der Waals surface area contributed by atoms with Crippen molar-refractivity contribution in [3.8, 4) is 11.8 Å². The fourth-order valence-corrected chi connectivity index (χ4v) is 3.80. The van der Waals surface area contributed by atoms with Gasteiger partial charge in [0.1, 0.15) is 6.61 Å². The second-order valence-electron chi connectivity index (χ2n) is 3.59. The summed E-state index contributed by atoms with van der Waals surface area (Å²) in [7, 11) is 0. The molecule has 1 N–H and O–H groups in total. The van der Waals surface area contributed by atoms with E-state index in [9.17, 15) is 0 Å². The summed E-state index contributed by atoms with van der Waals surface area (Å²) in [6, 6.07) is 9.45. The summed E-state index contributed by atoms with van der Waals surface area (Å²) in [5.74, 6) is 6.36. The predicted octanol–water partition coefficient (Wildman–Crippen LogP) is 4.69. The van der Waals surface area contributed by atoms with E-state index in [1.807, 2.05) is 18.2 Å². The highest BCUT2D eigenvalue weighted by atomic mass is 35.5. The van der Waals surface area contributed by atoms with Gasteiger partial charge in [0.05, 0.1) is 9.90 Å². The first kappa shape index (κ1) is 14.8. The van der Waals surface area contributed by atoms with E-state index < -0.39 is 0 Å². The van der Waals surface area contributed by atoms with Gasteiger partial charge in [-0.3, -0.25) is 0 Å². The molecule has 1 heterocycles. The number of thioether (sulfide) groups is 1. The van der Waals surface area contributed by atoms with Gasteiger partial charge in [-0.1, -0.05) is 35.0 Å². The Labute approximate surface area is 130 Å². The van der Waals surface area contributed by atoms with Crippen LogP contribution in [-0.4, -0.2) is 11.7 Å². The minimum atomic E-state index is -0.111. The molecule has 0 aliphatic carbocycles.